The molecule has 0 unspecified atom stereocenters. The first-order valence-electron chi connectivity index (χ1n) is 5.77. The van der Waals surface area contributed by atoms with Gasteiger partial charge in [-0.3, -0.25) is 0 Å². The SMILES string of the molecule is CCOCc1ccccc1CNC[C@@H](C)O. The molecule has 16 heavy (non-hydrogen) atoms. The Labute approximate surface area is 97.4 Å². The minimum Gasteiger partial charge on any atom is -0.392 e. The molecule has 0 radical (unpaired) electrons. The van der Waals surface area contributed by atoms with Gasteiger partial charge in [0.2, 0.25) is 0 Å². The van der Waals surface area contributed by atoms with Crippen LogP contribution in [0.3, 0.4) is 0 Å². The lowest BCUT2D eigenvalue weighted by Gasteiger charge is -2.11. The highest BCUT2D eigenvalue weighted by atomic mass is 16.5. The van der Waals surface area contributed by atoms with Crippen LogP contribution in [0.5, 0.6) is 0 Å². The Morgan fingerprint density at radius 2 is 2.00 bits per heavy atom. The van der Waals surface area contributed by atoms with Crippen molar-refractivity contribution in [3.63, 3.8) is 0 Å². The zero-order chi connectivity index (χ0) is 11.8. The molecule has 3 heteroatoms. The third kappa shape index (κ3) is 4.75. The van der Waals surface area contributed by atoms with Gasteiger partial charge in [-0.2, -0.15) is 0 Å². The van der Waals surface area contributed by atoms with Crippen LogP contribution in [-0.2, 0) is 17.9 Å². The number of aliphatic hydroxyl groups excluding tert-OH is 1. The summed E-state index contributed by atoms with van der Waals surface area (Å²) in [5.74, 6) is 0. The zero-order valence-electron chi connectivity index (χ0n) is 10.1. The van der Waals surface area contributed by atoms with Crippen molar-refractivity contribution in [3.8, 4) is 0 Å². The van der Waals surface area contributed by atoms with Crippen LogP contribution >= 0.6 is 0 Å². The average Bonchev–Trinajstić information content (AvgIpc) is 2.27. The number of hydrogen-bond acceptors (Lipinski definition) is 3. The summed E-state index contributed by atoms with van der Waals surface area (Å²) in [4.78, 5) is 0. The van der Waals surface area contributed by atoms with Gasteiger partial charge < -0.3 is 15.2 Å². The van der Waals surface area contributed by atoms with Crippen LogP contribution < -0.4 is 5.32 Å². The van der Waals surface area contributed by atoms with Crippen LogP contribution in [-0.4, -0.2) is 24.4 Å². The predicted molar refractivity (Wildman–Crippen MR) is 65.2 cm³/mol. The van der Waals surface area contributed by atoms with Gasteiger partial charge in [-0.1, -0.05) is 24.3 Å². The highest BCUT2D eigenvalue weighted by molar-refractivity contribution is 5.26. The topological polar surface area (TPSA) is 41.5 Å². The molecule has 0 aliphatic carbocycles. The van der Waals surface area contributed by atoms with Crippen LogP contribution in [0.4, 0.5) is 0 Å². The molecule has 0 saturated carbocycles. The first-order chi connectivity index (χ1) is 7.74. The monoisotopic (exact) mass is 223 g/mol. The van der Waals surface area contributed by atoms with E-state index in [1.807, 2.05) is 19.1 Å². The van der Waals surface area contributed by atoms with Crippen LogP contribution in [0.15, 0.2) is 24.3 Å². The number of rotatable bonds is 7. The van der Waals surface area contributed by atoms with Gasteiger partial charge in [-0.25, -0.2) is 0 Å². The van der Waals surface area contributed by atoms with Crippen molar-refractivity contribution in [2.75, 3.05) is 13.2 Å². The van der Waals surface area contributed by atoms with Crippen LogP contribution in [0.2, 0.25) is 0 Å². The van der Waals surface area contributed by atoms with Crippen LogP contribution in [0, 0.1) is 0 Å². The summed E-state index contributed by atoms with van der Waals surface area (Å²) < 4.78 is 5.41. The summed E-state index contributed by atoms with van der Waals surface area (Å²) in [5, 5.41) is 12.4. The lowest BCUT2D eigenvalue weighted by molar-refractivity contribution is 0.133. The molecule has 1 aromatic carbocycles. The van der Waals surface area contributed by atoms with E-state index < -0.39 is 0 Å². The Morgan fingerprint density at radius 3 is 2.62 bits per heavy atom. The number of benzene rings is 1. The molecule has 1 rings (SSSR count). The van der Waals surface area contributed by atoms with Crippen molar-refractivity contribution < 1.29 is 9.84 Å². The van der Waals surface area contributed by atoms with Crippen LogP contribution in [0.25, 0.3) is 0 Å². The van der Waals surface area contributed by atoms with E-state index in [-0.39, 0.29) is 6.10 Å². The standard InChI is InChI=1S/C13H21NO2/c1-3-16-10-13-7-5-4-6-12(13)9-14-8-11(2)15/h4-7,11,14-15H,3,8-10H2,1-2H3/t11-/m1/s1. The highest BCUT2D eigenvalue weighted by Gasteiger charge is 2.02. The number of ether oxygens (including phenoxy) is 1. The maximum Gasteiger partial charge on any atom is 0.0719 e. The Kier molecular flexibility index (Phi) is 6.08. The van der Waals surface area contributed by atoms with E-state index in [2.05, 4.69) is 17.4 Å². The number of nitrogens with one attached hydrogen (secondary N) is 1. The number of hydrogen-bond donors (Lipinski definition) is 2. The van der Waals surface area contributed by atoms with E-state index in [9.17, 15) is 0 Å². The molecule has 0 saturated heterocycles. The molecule has 0 bridgehead atoms. The van der Waals surface area contributed by atoms with Crippen LogP contribution in [0.1, 0.15) is 25.0 Å². The fraction of sp³-hybridized carbons (Fsp3) is 0.538. The molecular weight excluding hydrogens is 202 g/mol. The average molecular weight is 223 g/mol. The quantitative estimate of drug-likeness (QED) is 0.739. The molecule has 2 N–H and O–H groups in total. The summed E-state index contributed by atoms with van der Waals surface area (Å²) >= 11 is 0. The van der Waals surface area contributed by atoms with Gasteiger partial charge in [0, 0.05) is 19.7 Å². The van der Waals surface area contributed by atoms with Crippen molar-refractivity contribution in [2.24, 2.45) is 0 Å². The Hall–Kier alpha value is -0.900. The van der Waals surface area contributed by atoms with Gasteiger partial charge in [0.05, 0.1) is 12.7 Å². The largest absolute Gasteiger partial charge is 0.392 e. The van der Waals surface area contributed by atoms with E-state index in [0.29, 0.717) is 13.2 Å². The third-order valence-corrected chi connectivity index (χ3v) is 2.34. The summed E-state index contributed by atoms with van der Waals surface area (Å²) in [5.41, 5.74) is 2.44. The second kappa shape index (κ2) is 7.39. The fourth-order valence-electron chi connectivity index (χ4n) is 1.50. The molecule has 90 valence electrons. The van der Waals surface area contributed by atoms with E-state index in [1.165, 1.54) is 11.1 Å². The normalized spacial score (nSPS) is 12.7. The van der Waals surface area contributed by atoms with Crippen molar-refractivity contribution >= 4 is 0 Å². The molecule has 0 fully saturated rings. The Morgan fingerprint density at radius 1 is 1.31 bits per heavy atom. The van der Waals surface area contributed by atoms with Gasteiger partial charge in [0.25, 0.3) is 0 Å². The minimum absolute atomic E-state index is 0.306. The van der Waals surface area contributed by atoms with Gasteiger partial charge in [-0.15, -0.1) is 0 Å². The lowest BCUT2D eigenvalue weighted by atomic mass is 10.1. The Bertz CT molecular complexity index is 300. The molecule has 1 aromatic rings. The predicted octanol–water partition coefficient (Wildman–Crippen LogP) is 1.69. The van der Waals surface area contributed by atoms with E-state index in [0.717, 1.165) is 13.2 Å². The third-order valence-electron chi connectivity index (χ3n) is 2.34. The second-order valence-corrected chi connectivity index (χ2v) is 3.89. The van der Waals surface area contributed by atoms with E-state index in [4.69, 9.17) is 9.84 Å². The summed E-state index contributed by atoms with van der Waals surface area (Å²) in [7, 11) is 0. The molecule has 0 aliphatic heterocycles. The summed E-state index contributed by atoms with van der Waals surface area (Å²) in [6, 6.07) is 8.21. The molecule has 0 aliphatic rings. The molecular formula is C13H21NO2. The van der Waals surface area contributed by atoms with Gasteiger partial charge in [0.1, 0.15) is 0 Å². The van der Waals surface area contributed by atoms with E-state index in [1.54, 1.807) is 6.92 Å². The van der Waals surface area contributed by atoms with Crippen molar-refractivity contribution in [1.29, 1.82) is 0 Å². The first-order valence-corrected chi connectivity index (χ1v) is 5.77. The maximum absolute atomic E-state index is 9.15. The molecule has 0 amide bonds. The molecule has 0 spiro atoms. The molecule has 1 atom stereocenters. The fourth-order valence-corrected chi connectivity index (χ4v) is 1.50. The summed E-state index contributed by atoms with van der Waals surface area (Å²) in [6.07, 6.45) is -0.306. The Balaban J connectivity index is 2.49. The van der Waals surface area contributed by atoms with Gasteiger partial charge in [0.15, 0.2) is 0 Å². The lowest BCUT2D eigenvalue weighted by Crippen LogP contribution is -2.24. The minimum atomic E-state index is -0.306. The molecule has 0 heterocycles. The summed E-state index contributed by atoms with van der Waals surface area (Å²) in [6.45, 7) is 6.54. The number of aliphatic hydroxyl groups is 1. The zero-order valence-corrected chi connectivity index (χ0v) is 10.1. The van der Waals surface area contributed by atoms with Crippen molar-refractivity contribution in [2.45, 2.75) is 33.1 Å². The van der Waals surface area contributed by atoms with Gasteiger partial charge >= 0.3 is 0 Å². The van der Waals surface area contributed by atoms with Crippen molar-refractivity contribution in [3.05, 3.63) is 35.4 Å². The van der Waals surface area contributed by atoms with Crippen molar-refractivity contribution in [1.82, 2.24) is 5.32 Å². The highest BCUT2D eigenvalue weighted by Crippen LogP contribution is 2.09. The van der Waals surface area contributed by atoms with Gasteiger partial charge in [-0.05, 0) is 25.0 Å². The molecule has 0 aromatic heterocycles. The first kappa shape index (κ1) is 13.2. The second-order valence-electron chi connectivity index (χ2n) is 3.89. The van der Waals surface area contributed by atoms with E-state index >= 15 is 0 Å². The molecule has 3 nitrogen and oxygen atoms in total. The maximum atomic E-state index is 9.15. The smallest absolute Gasteiger partial charge is 0.0719 e.